The van der Waals surface area contributed by atoms with Crippen LogP contribution in [-0.2, 0) is 0 Å². The molecule has 3 rings (SSSR count). The zero-order valence-electron chi connectivity index (χ0n) is 13.1. The van der Waals surface area contributed by atoms with Crippen molar-refractivity contribution in [2.24, 2.45) is 0 Å². The highest BCUT2D eigenvalue weighted by Crippen LogP contribution is 2.22. The summed E-state index contributed by atoms with van der Waals surface area (Å²) in [5.41, 5.74) is 2.18. The second kappa shape index (κ2) is 7.15. The third-order valence-electron chi connectivity index (χ3n) is 3.58. The van der Waals surface area contributed by atoms with Crippen molar-refractivity contribution in [2.75, 3.05) is 17.3 Å². The van der Waals surface area contributed by atoms with Crippen LogP contribution in [0.4, 0.5) is 17.2 Å². The van der Waals surface area contributed by atoms with Crippen LogP contribution in [0.1, 0.15) is 10.4 Å². The predicted octanol–water partition coefficient (Wildman–Crippen LogP) is 4.76. The Morgan fingerprint density at radius 2 is 1.83 bits per heavy atom. The van der Waals surface area contributed by atoms with Crippen molar-refractivity contribution in [3.63, 3.8) is 0 Å². The predicted molar refractivity (Wildman–Crippen MR) is 98.1 cm³/mol. The molecular weight excluding hydrogens is 322 g/mol. The number of aromatic nitrogens is 1. The summed E-state index contributed by atoms with van der Waals surface area (Å²) in [7, 11) is 1.95. The van der Waals surface area contributed by atoms with Crippen LogP contribution in [0.3, 0.4) is 0 Å². The monoisotopic (exact) mass is 337 g/mol. The summed E-state index contributed by atoms with van der Waals surface area (Å²) in [6.07, 6.45) is 1.64. The maximum atomic E-state index is 12.2. The molecule has 5 heteroatoms. The number of hydrogen-bond donors (Lipinski definition) is 1. The fraction of sp³-hybridized carbons (Fsp3) is 0.0526. The molecule has 0 radical (unpaired) electrons. The molecule has 0 bridgehead atoms. The van der Waals surface area contributed by atoms with Gasteiger partial charge in [-0.2, -0.15) is 0 Å². The molecule has 1 heterocycles. The SMILES string of the molecule is CN(c1ccccc1)c1ccc(NC(=O)c2cccc(Cl)c2)cn1. The highest BCUT2D eigenvalue weighted by Gasteiger charge is 2.08. The molecule has 24 heavy (non-hydrogen) atoms. The largest absolute Gasteiger partial charge is 0.329 e. The Balaban J connectivity index is 1.72. The number of hydrogen-bond acceptors (Lipinski definition) is 3. The van der Waals surface area contributed by atoms with Crippen LogP contribution in [0, 0.1) is 0 Å². The van der Waals surface area contributed by atoms with Gasteiger partial charge in [0.2, 0.25) is 0 Å². The molecule has 0 saturated carbocycles. The van der Waals surface area contributed by atoms with E-state index in [4.69, 9.17) is 11.6 Å². The molecule has 0 aliphatic heterocycles. The van der Waals surface area contributed by atoms with Gasteiger partial charge in [-0.25, -0.2) is 4.98 Å². The van der Waals surface area contributed by atoms with Gasteiger partial charge in [-0.15, -0.1) is 0 Å². The van der Waals surface area contributed by atoms with Crippen LogP contribution in [0.5, 0.6) is 0 Å². The maximum Gasteiger partial charge on any atom is 0.255 e. The molecule has 0 atom stereocenters. The number of benzene rings is 2. The third kappa shape index (κ3) is 3.73. The summed E-state index contributed by atoms with van der Waals surface area (Å²) < 4.78 is 0. The molecule has 2 aromatic carbocycles. The first-order chi connectivity index (χ1) is 11.6. The Kier molecular flexibility index (Phi) is 4.77. The molecule has 0 saturated heterocycles. The van der Waals surface area contributed by atoms with Gasteiger partial charge in [0.1, 0.15) is 5.82 Å². The summed E-state index contributed by atoms with van der Waals surface area (Å²) >= 11 is 5.91. The second-order valence-electron chi connectivity index (χ2n) is 5.26. The second-order valence-corrected chi connectivity index (χ2v) is 5.70. The van der Waals surface area contributed by atoms with E-state index in [-0.39, 0.29) is 5.91 Å². The van der Waals surface area contributed by atoms with Gasteiger partial charge in [0.15, 0.2) is 0 Å². The first-order valence-corrected chi connectivity index (χ1v) is 7.83. The van der Waals surface area contributed by atoms with Crippen LogP contribution in [0.25, 0.3) is 0 Å². The fourth-order valence-corrected chi connectivity index (χ4v) is 2.47. The zero-order chi connectivity index (χ0) is 16.9. The standard InChI is InChI=1S/C19H16ClN3O/c1-23(17-8-3-2-4-9-17)18-11-10-16(13-21-18)22-19(24)14-6-5-7-15(20)12-14/h2-13H,1H3,(H,22,24). The van der Waals surface area contributed by atoms with Gasteiger partial charge in [-0.05, 0) is 42.5 Å². The molecule has 0 unspecified atom stereocenters. The fourth-order valence-electron chi connectivity index (χ4n) is 2.28. The number of amides is 1. The lowest BCUT2D eigenvalue weighted by Gasteiger charge is -2.18. The normalized spacial score (nSPS) is 10.2. The van der Waals surface area contributed by atoms with Crippen molar-refractivity contribution in [3.8, 4) is 0 Å². The number of nitrogens with zero attached hydrogens (tertiary/aromatic N) is 2. The number of pyridine rings is 1. The maximum absolute atomic E-state index is 12.2. The molecule has 3 aromatic rings. The quantitative estimate of drug-likeness (QED) is 0.746. The molecule has 0 aliphatic carbocycles. The summed E-state index contributed by atoms with van der Waals surface area (Å²) in [5.74, 6) is 0.574. The van der Waals surface area contributed by atoms with Gasteiger partial charge in [0.25, 0.3) is 5.91 Å². The summed E-state index contributed by atoms with van der Waals surface area (Å²) in [4.78, 5) is 18.6. The van der Waals surface area contributed by atoms with Crippen molar-refractivity contribution >= 4 is 34.7 Å². The smallest absolute Gasteiger partial charge is 0.255 e. The lowest BCUT2D eigenvalue weighted by Crippen LogP contribution is -2.13. The Morgan fingerprint density at radius 3 is 2.50 bits per heavy atom. The van der Waals surface area contributed by atoms with Gasteiger partial charge in [-0.1, -0.05) is 35.9 Å². The van der Waals surface area contributed by atoms with E-state index in [2.05, 4.69) is 10.3 Å². The molecule has 0 spiro atoms. The minimum atomic E-state index is -0.219. The van der Waals surface area contributed by atoms with Gasteiger partial charge >= 0.3 is 0 Å². The number of anilines is 3. The molecule has 1 N–H and O–H groups in total. The molecule has 1 aromatic heterocycles. The summed E-state index contributed by atoms with van der Waals surface area (Å²) in [6, 6.07) is 20.4. The van der Waals surface area contributed by atoms with E-state index >= 15 is 0 Å². The molecule has 4 nitrogen and oxygen atoms in total. The lowest BCUT2D eigenvalue weighted by molar-refractivity contribution is 0.102. The van der Waals surface area contributed by atoms with E-state index in [1.807, 2.05) is 54.4 Å². The van der Waals surface area contributed by atoms with E-state index in [9.17, 15) is 4.79 Å². The van der Waals surface area contributed by atoms with Crippen LogP contribution in [0.15, 0.2) is 72.9 Å². The minimum Gasteiger partial charge on any atom is -0.329 e. The van der Waals surface area contributed by atoms with Crippen molar-refractivity contribution in [1.29, 1.82) is 0 Å². The third-order valence-corrected chi connectivity index (χ3v) is 3.81. The average molecular weight is 338 g/mol. The number of carbonyl (C=O) groups excluding carboxylic acids is 1. The van der Waals surface area contributed by atoms with E-state index in [0.29, 0.717) is 16.3 Å². The molecule has 0 fully saturated rings. The van der Waals surface area contributed by atoms with E-state index < -0.39 is 0 Å². The first-order valence-electron chi connectivity index (χ1n) is 7.45. The lowest BCUT2D eigenvalue weighted by atomic mass is 10.2. The number of halogens is 1. The van der Waals surface area contributed by atoms with Crippen molar-refractivity contribution in [1.82, 2.24) is 4.98 Å². The van der Waals surface area contributed by atoms with Crippen molar-refractivity contribution in [2.45, 2.75) is 0 Å². The van der Waals surface area contributed by atoms with Gasteiger partial charge in [-0.3, -0.25) is 4.79 Å². The van der Waals surface area contributed by atoms with Gasteiger partial charge < -0.3 is 10.2 Å². The van der Waals surface area contributed by atoms with Crippen LogP contribution in [-0.4, -0.2) is 17.9 Å². The van der Waals surface area contributed by atoms with E-state index in [1.54, 1.807) is 30.5 Å². The average Bonchev–Trinajstić information content (AvgIpc) is 2.62. The highest BCUT2D eigenvalue weighted by molar-refractivity contribution is 6.31. The van der Waals surface area contributed by atoms with E-state index in [0.717, 1.165) is 11.5 Å². The molecule has 120 valence electrons. The summed E-state index contributed by atoms with van der Waals surface area (Å²) in [5, 5.41) is 3.34. The molecular formula is C19H16ClN3O. The van der Waals surface area contributed by atoms with Crippen LogP contribution >= 0.6 is 11.6 Å². The van der Waals surface area contributed by atoms with Gasteiger partial charge in [0, 0.05) is 23.3 Å². The van der Waals surface area contributed by atoms with E-state index in [1.165, 1.54) is 0 Å². The van der Waals surface area contributed by atoms with Crippen LogP contribution < -0.4 is 10.2 Å². The Hall–Kier alpha value is -2.85. The van der Waals surface area contributed by atoms with Gasteiger partial charge in [0.05, 0.1) is 11.9 Å². The number of rotatable bonds is 4. The number of carbonyl (C=O) groups is 1. The minimum absolute atomic E-state index is 0.219. The Morgan fingerprint density at radius 1 is 1.04 bits per heavy atom. The van der Waals surface area contributed by atoms with Crippen molar-refractivity contribution < 1.29 is 4.79 Å². The topological polar surface area (TPSA) is 45.2 Å². The van der Waals surface area contributed by atoms with Crippen LogP contribution in [0.2, 0.25) is 5.02 Å². The Labute approximate surface area is 145 Å². The van der Waals surface area contributed by atoms with Crippen molar-refractivity contribution in [3.05, 3.63) is 83.5 Å². The zero-order valence-corrected chi connectivity index (χ0v) is 13.9. The molecule has 1 amide bonds. The number of para-hydroxylation sites is 1. The Bertz CT molecular complexity index is 835. The molecule has 0 aliphatic rings. The first kappa shape index (κ1) is 16.0. The number of nitrogens with one attached hydrogen (secondary N) is 1. The summed E-state index contributed by atoms with van der Waals surface area (Å²) in [6.45, 7) is 0. The highest BCUT2D eigenvalue weighted by atomic mass is 35.5.